The van der Waals surface area contributed by atoms with Crippen molar-refractivity contribution in [3.63, 3.8) is 0 Å². The molecule has 3 fully saturated rings. The minimum atomic E-state index is 0.0761. The minimum absolute atomic E-state index is 0.0761. The van der Waals surface area contributed by atoms with Crippen molar-refractivity contribution in [2.75, 3.05) is 0 Å². The Labute approximate surface area is 132 Å². The lowest BCUT2D eigenvalue weighted by Gasteiger charge is -2.31. The average Bonchev–Trinajstić information content (AvgIpc) is 3.41. The molecule has 3 saturated carbocycles. The standard InChI is InChI=1S/C18H27N3O/c1-12(13-2-3-13)19-15-6-8-16(9-7-15)21-18(22)11-10-17(20-21)14-4-5-14/h10-16,19H,2-9H2,1H3. The van der Waals surface area contributed by atoms with Crippen LogP contribution >= 0.6 is 0 Å². The van der Waals surface area contributed by atoms with Crippen molar-refractivity contribution in [2.45, 2.75) is 82.3 Å². The third-order valence-electron chi connectivity index (χ3n) is 5.71. The van der Waals surface area contributed by atoms with Crippen LogP contribution in [0.3, 0.4) is 0 Å². The summed E-state index contributed by atoms with van der Waals surface area (Å²) < 4.78 is 1.79. The summed E-state index contributed by atoms with van der Waals surface area (Å²) in [4.78, 5) is 12.2. The lowest BCUT2D eigenvalue weighted by molar-refractivity contribution is 0.252. The summed E-state index contributed by atoms with van der Waals surface area (Å²) in [6.45, 7) is 2.33. The Hall–Kier alpha value is -1.16. The van der Waals surface area contributed by atoms with Crippen LogP contribution in [-0.4, -0.2) is 21.9 Å². The predicted octanol–water partition coefficient (Wildman–Crippen LogP) is 2.99. The molecule has 4 nitrogen and oxygen atoms in total. The van der Waals surface area contributed by atoms with Crippen LogP contribution in [0.4, 0.5) is 0 Å². The number of nitrogens with zero attached hydrogens (tertiary/aromatic N) is 2. The Morgan fingerprint density at radius 2 is 1.82 bits per heavy atom. The maximum Gasteiger partial charge on any atom is 0.267 e. The van der Waals surface area contributed by atoms with Crippen molar-refractivity contribution in [3.05, 3.63) is 28.2 Å². The fourth-order valence-electron chi connectivity index (χ4n) is 3.89. The van der Waals surface area contributed by atoms with Gasteiger partial charge in [0.25, 0.3) is 5.56 Å². The molecule has 1 atom stereocenters. The van der Waals surface area contributed by atoms with E-state index in [1.807, 2.05) is 6.07 Å². The summed E-state index contributed by atoms with van der Waals surface area (Å²) in [7, 11) is 0. The van der Waals surface area contributed by atoms with E-state index in [2.05, 4.69) is 17.3 Å². The van der Waals surface area contributed by atoms with Gasteiger partial charge in [0.2, 0.25) is 0 Å². The van der Waals surface area contributed by atoms with Crippen LogP contribution in [0.2, 0.25) is 0 Å². The van der Waals surface area contributed by atoms with Gasteiger partial charge in [-0.1, -0.05) is 0 Å². The highest BCUT2D eigenvalue weighted by atomic mass is 16.1. The number of hydrogen-bond donors (Lipinski definition) is 1. The van der Waals surface area contributed by atoms with E-state index in [4.69, 9.17) is 0 Å². The molecule has 1 unspecified atom stereocenters. The Bertz CT molecular complexity index is 580. The smallest absolute Gasteiger partial charge is 0.267 e. The monoisotopic (exact) mass is 301 g/mol. The first-order chi connectivity index (χ1) is 10.7. The first-order valence-electron chi connectivity index (χ1n) is 9.06. The SMILES string of the molecule is CC(NC1CCC(n2nc(C3CC3)ccc2=O)CC1)C1CC1. The molecule has 0 aliphatic heterocycles. The van der Waals surface area contributed by atoms with Gasteiger partial charge in [-0.05, 0) is 70.3 Å². The molecule has 0 saturated heterocycles. The first kappa shape index (κ1) is 14.4. The van der Waals surface area contributed by atoms with Crippen LogP contribution in [0.5, 0.6) is 0 Å². The van der Waals surface area contributed by atoms with Gasteiger partial charge in [-0.15, -0.1) is 0 Å². The molecule has 0 bridgehead atoms. The molecule has 4 rings (SSSR count). The maximum atomic E-state index is 12.2. The van der Waals surface area contributed by atoms with Gasteiger partial charge in [-0.2, -0.15) is 5.10 Å². The van der Waals surface area contributed by atoms with Gasteiger partial charge in [-0.25, -0.2) is 4.68 Å². The Morgan fingerprint density at radius 1 is 1.09 bits per heavy atom. The van der Waals surface area contributed by atoms with Gasteiger partial charge < -0.3 is 5.32 Å². The summed E-state index contributed by atoms with van der Waals surface area (Å²) in [5.74, 6) is 1.53. The van der Waals surface area contributed by atoms with Gasteiger partial charge >= 0.3 is 0 Å². The van der Waals surface area contributed by atoms with Crippen LogP contribution in [0, 0.1) is 5.92 Å². The molecule has 0 amide bonds. The van der Waals surface area contributed by atoms with E-state index in [0.717, 1.165) is 24.5 Å². The molecule has 1 N–H and O–H groups in total. The second-order valence-corrected chi connectivity index (χ2v) is 7.61. The molecule has 1 aromatic heterocycles. The molecule has 1 heterocycles. The Morgan fingerprint density at radius 3 is 2.45 bits per heavy atom. The minimum Gasteiger partial charge on any atom is -0.311 e. The molecule has 22 heavy (non-hydrogen) atoms. The number of hydrogen-bond acceptors (Lipinski definition) is 3. The van der Waals surface area contributed by atoms with Crippen LogP contribution < -0.4 is 10.9 Å². The zero-order valence-electron chi connectivity index (χ0n) is 13.5. The first-order valence-corrected chi connectivity index (χ1v) is 9.06. The topological polar surface area (TPSA) is 46.9 Å². The average molecular weight is 301 g/mol. The van der Waals surface area contributed by atoms with Crippen LogP contribution in [0.25, 0.3) is 0 Å². The number of nitrogens with one attached hydrogen (secondary N) is 1. The summed E-state index contributed by atoms with van der Waals surface area (Å²) in [6, 6.07) is 5.26. The van der Waals surface area contributed by atoms with Gasteiger partial charge in [0, 0.05) is 24.1 Å². The molecule has 120 valence electrons. The molecule has 3 aliphatic carbocycles. The summed E-state index contributed by atoms with van der Waals surface area (Å²) in [6.07, 6.45) is 9.77. The van der Waals surface area contributed by atoms with Crippen molar-refractivity contribution in [3.8, 4) is 0 Å². The van der Waals surface area contributed by atoms with Crippen molar-refractivity contribution in [1.29, 1.82) is 0 Å². The van der Waals surface area contributed by atoms with Crippen LogP contribution in [0.1, 0.15) is 75.9 Å². The highest BCUT2D eigenvalue weighted by Crippen LogP contribution is 2.39. The van der Waals surface area contributed by atoms with E-state index < -0.39 is 0 Å². The van der Waals surface area contributed by atoms with Crippen molar-refractivity contribution < 1.29 is 0 Å². The predicted molar refractivity (Wildman–Crippen MR) is 87.1 cm³/mol. The number of aromatic nitrogens is 2. The lowest BCUT2D eigenvalue weighted by atomic mass is 9.90. The van der Waals surface area contributed by atoms with E-state index in [0.29, 0.717) is 24.0 Å². The van der Waals surface area contributed by atoms with E-state index in [1.54, 1.807) is 10.7 Å². The highest BCUT2D eigenvalue weighted by molar-refractivity contribution is 5.13. The second-order valence-electron chi connectivity index (χ2n) is 7.61. The van der Waals surface area contributed by atoms with Gasteiger partial charge in [0.15, 0.2) is 0 Å². The van der Waals surface area contributed by atoms with Crippen molar-refractivity contribution in [1.82, 2.24) is 15.1 Å². The van der Waals surface area contributed by atoms with Gasteiger partial charge in [-0.3, -0.25) is 4.79 Å². The summed E-state index contributed by atoms with van der Waals surface area (Å²) in [5.41, 5.74) is 1.20. The molecular weight excluding hydrogens is 274 g/mol. The second kappa shape index (κ2) is 5.80. The molecule has 1 aromatic rings. The highest BCUT2D eigenvalue weighted by Gasteiger charge is 2.31. The summed E-state index contributed by atoms with van der Waals surface area (Å²) >= 11 is 0. The zero-order chi connectivity index (χ0) is 15.1. The van der Waals surface area contributed by atoms with Crippen molar-refractivity contribution in [2.24, 2.45) is 5.92 Å². The third kappa shape index (κ3) is 3.12. The molecule has 0 aromatic carbocycles. The van der Waals surface area contributed by atoms with E-state index >= 15 is 0 Å². The molecule has 4 heteroatoms. The molecule has 0 spiro atoms. The quantitative estimate of drug-likeness (QED) is 0.909. The third-order valence-corrected chi connectivity index (χ3v) is 5.71. The molecule has 0 radical (unpaired) electrons. The Kier molecular flexibility index (Phi) is 3.81. The lowest BCUT2D eigenvalue weighted by Crippen LogP contribution is -2.41. The van der Waals surface area contributed by atoms with Gasteiger partial charge in [0.05, 0.1) is 11.7 Å². The largest absolute Gasteiger partial charge is 0.311 e. The fourth-order valence-corrected chi connectivity index (χ4v) is 3.89. The van der Waals surface area contributed by atoms with E-state index in [1.165, 1.54) is 38.5 Å². The van der Waals surface area contributed by atoms with E-state index in [-0.39, 0.29) is 5.56 Å². The van der Waals surface area contributed by atoms with E-state index in [9.17, 15) is 4.79 Å². The van der Waals surface area contributed by atoms with Crippen LogP contribution in [-0.2, 0) is 0 Å². The van der Waals surface area contributed by atoms with Crippen molar-refractivity contribution >= 4 is 0 Å². The fraction of sp³-hybridized carbons (Fsp3) is 0.778. The number of rotatable bonds is 5. The zero-order valence-corrected chi connectivity index (χ0v) is 13.5. The van der Waals surface area contributed by atoms with Gasteiger partial charge in [0.1, 0.15) is 0 Å². The normalized spacial score (nSPS) is 30.2. The van der Waals surface area contributed by atoms with Crippen LogP contribution in [0.15, 0.2) is 16.9 Å². The Balaban J connectivity index is 1.38. The molecule has 3 aliphatic rings. The molecular formula is C18H27N3O. The summed E-state index contributed by atoms with van der Waals surface area (Å²) in [5, 5.41) is 8.47. The maximum absolute atomic E-state index is 12.2.